The van der Waals surface area contributed by atoms with E-state index in [4.69, 9.17) is 10.5 Å². The number of carbonyl (C=O) groups excluding carboxylic acids is 1. The number of aliphatic hydroxyl groups excluding tert-OH is 1. The first-order valence-corrected chi connectivity index (χ1v) is 4.79. The minimum absolute atomic E-state index is 0.175. The molecular weight excluding hydrogens is 194 g/mol. The van der Waals surface area contributed by atoms with Crippen LogP contribution in [0.15, 0.2) is 24.3 Å². The van der Waals surface area contributed by atoms with Gasteiger partial charge < -0.3 is 15.6 Å². The number of nitrogens with two attached hydrogens (primary N) is 1. The van der Waals surface area contributed by atoms with Crippen LogP contribution in [0.2, 0.25) is 0 Å². The first-order valence-electron chi connectivity index (χ1n) is 4.79. The zero-order chi connectivity index (χ0) is 11.3. The van der Waals surface area contributed by atoms with Crippen molar-refractivity contribution in [1.29, 1.82) is 0 Å². The molecule has 1 aromatic rings. The third kappa shape index (κ3) is 3.59. The van der Waals surface area contributed by atoms with Crippen LogP contribution in [0.1, 0.15) is 25.0 Å². The highest BCUT2D eigenvalue weighted by Crippen LogP contribution is 2.24. The average molecular weight is 209 g/mol. The lowest BCUT2D eigenvalue weighted by molar-refractivity contribution is -0.118. The number of aliphatic hydroxyl groups is 1. The van der Waals surface area contributed by atoms with E-state index in [0.717, 1.165) is 0 Å². The van der Waals surface area contributed by atoms with Gasteiger partial charge in [0.15, 0.2) is 0 Å². The molecule has 15 heavy (non-hydrogen) atoms. The van der Waals surface area contributed by atoms with Crippen LogP contribution in [-0.2, 0) is 4.79 Å². The molecule has 0 spiro atoms. The number of hydrogen-bond acceptors (Lipinski definition) is 3. The van der Waals surface area contributed by atoms with Crippen LogP contribution in [0.5, 0.6) is 5.75 Å². The van der Waals surface area contributed by atoms with Crippen molar-refractivity contribution >= 4 is 5.91 Å². The summed E-state index contributed by atoms with van der Waals surface area (Å²) in [7, 11) is 0. The molecule has 82 valence electrons. The summed E-state index contributed by atoms with van der Waals surface area (Å²) in [5.41, 5.74) is 5.70. The van der Waals surface area contributed by atoms with Crippen molar-refractivity contribution in [2.24, 2.45) is 5.73 Å². The van der Waals surface area contributed by atoms with Gasteiger partial charge in [0.25, 0.3) is 0 Å². The maximum Gasteiger partial charge on any atom is 0.220 e. The highest BCUT2D eigenvalue weighted by Gasteiger charge is 2.07. The molecule has 4 nitrogen and oxygen atoms in total. The zero-order valence-electron chi connectivity index (χ0n) is 8.64. The van der Waals surface area contributed by atoms with Crippen molar-refractivity contribution in [3.63, 3.8) is 0 Å². The van der Waals surface area contributed by atoms with Crippen molar-refractivity contribution in [2.45, 2.75) is 19.4 Å². The van der Waals surface area contributed by atoms with E-state index < -0.39 is 12.0 Å². The van der Waals surface area contributed by atoms with Gasteiger partial charge in [-0.3, -0.25) is 4.79 Å². The van der Waals surface area contributed by atoms with E-state index in [9.17, 15) is 9.90 Å². The maximum atomic E-state index is 10.5. The minimum atomic E-state index is -0.588. The van der Waals surface area contributed by atoms with E-state index >= 15 is 0 Å². The molecule has 0 aromatic heterocycles. The Labute approximate surface area is 88.7 Å². The average Bonchev–Trinajstić information content (AvgIpc) is 2.17. The van der Waals surface area contributed by atoms with Crippen LogP contribution >= 0.6 is 0 Å². The number of amides is 1. The van der Waals surface area contributed by atoms with Crippen LogP contribution in [0, 0.1) is 0 Å². The van der Waals surface area contributed by atoms with Gasteiger partial charge >= 0.3 is 0 Å². The van der Waals surface area contributed by atoms with Gasteiger partial charge in [-0.05, 0) is 13.0 Å². The Morgan fingerprint density at radius 2 is 2.20 bits per heavy atom. The SMILES string of the molecule is C[C@H](O)c1ccccc1OCCC(N)=O. The summed E-state index contributed by atoms with van der Waals surface area (Å²) in [5.74, 6) is 0.193. The van der Waals surface area contributed by atoms with Gasteiger partial charge in [-0.15, -0.1) is 0 Å². The molecule has 0 saturated heterocycles. The third-order valence-corrected chi connectivity index (χ3v) is 1.98. The number of ether oxygens (including phenoxy) is 1. The van der Waals surface area contributed by atoms with E-state index in [1.54, 1.807) is 19.1 Å². The Morgan fingerprint density at radius 1 is 1.53 bits per heavy atom. The van der Waals surface area contributed by atoms with Gasteiger partial charge in [0, 0.05) is 5.56 Å². The lowest BCUT2D eigenvalue weighted by Gasteiger charge is -2.12. The van der Waals surface area contributed by atoms with Crippen molar-refractivity contribution < 1.29 is 14.6 Å². The smallest absolute Gasteiger partial charge is 0.220 e. The summed E-state index contributed by atoms with van der Waals surface area (Å²) in [6.45, 7) is 1.90. The standard InChI is InChI=1S/C11H15NO3/c1-8(13)9-4-2-3-5-10(9)15-7-6-11(12)14/h2-5,8,13H,6-7H2,1H3,(H2,12,14)/t8-/m0/s1. The molecular formula is C11H15NO3. The number of carbonyl (C=O) groups is 1. The molecule has 4 heteroatoms. The van der Waals surface area contributed by atoms with E-state index in [1.807, 2.05) is 12.1 Å². The van der Waals surface area contributed by atoms with Gasteiger partial charge in [0.1, 0.15) is 5.75 Å². The van der Waals surface area contributed by atoms with E-state index in [0.29, 0.717) is 11.3 Å². The van der Waals surface area contributed by atoms with Gasteiger partial charge in [0.2, 0.25) is 5.91 Å². The van der Waals surface area contributed by atoms with E-state index in [-0.39, 0.29) is 13.0 Å². The molecule has 1 amide bonds. The predicted octanol–water partition coefficient (Wildman–Crippen LogP) is 0.994. The van der Waals surface area contributed by atoms with E-state index in [1.165, 1.54) is 0 Å². The Kier molecular flexibility index (Phi) is 4.12. The summed E-state index contributed by atoms with van der Waals surface area (Å²) in [6, 6.07) is 7.17. The monoisotopic (exact) mass is 209 g/mol. The van der Waals surface area contributed by atoms with Gasteiger partial charge in [-0.2, -0.15) is 0 Å². The fourth-order valence-corrected chi connectivity index (χ4v) is 1.22. The second-order valence-corrected chi connectivity index (χ2v) is 3.28. The molecule has 0 aliphatic heterocycles. The Morgan fingerprint density at radius 3 is 2.80 bits per heavy atom. The van der Waals surface area contributed by atoms with Crippen LogP contribution < -0.4 is 10.5 Å². The lowest BCUT2D eigenvalue weighted by atomic mass is 10.1. The second kappa shape index (κ2) is 5.36. The number of rotatable bonds is 5. The Balaban J connectivity index is 2.63. The lowest BCUT2D eigenvalue weighted by Crippen LogP contribution is -2.15. The molecule has 3 N–H and O–H groups in total. The molecule has 1 atom stereocenters. The fraction of sp³-hybridized carbons (Fsp3) is 0.364. The maximum absolute atomic E-state index is 10.5. The quantitative estimate of drug-likeness (QED) is 0.759. The Bertz CT molecular complexity index is 336. The zero-order valence-corrected chi connectivity index (χ0v) is 8.64. The fourth-order valence-electron chi connectivity index (χ4n) is 1.22. The number of para-hydroxylation sites is 1. The van der Waals surface area contributed by atoms with Gasteiger partial charge in [-0.1, -0.05) is 18.2 Å². The summed E-state index contributed by atoms with van der Waals surface area (Å²) >= 11 is 0. The van der Waals surface area contributed by atoms with Crippen LogP contribution in [0.3, 0.4) is 0 Å². The molecule has 0 bridgehead atoms. The van der Waals surface area contributed by atoms with E-state index in [2.05, 4.69) is 0 Å². The van der Waals surface area contributed by atoms with Crippen molar-refractivity contribution in [3.8, 4) is 5.75 Å². The minimum Gasteiger partial charge on any atom is -0.493 e. The normalized spacial score (nSPS) is 12.1. The molecule has 0 aliphatic rings. The first-order chi connectivity index (χ1) is 7.11. The third-order valence-electron chi connectivity index (χ3n) is 1.98. The van der Waals surface area contributed by atoms with Gasteiger partial charge in [0.05, 0.1) is 19.1 Å². The molecule has 0 fully saturated rings. The van der Waals surface area contributed by atoms with Gasteiger partial charge in [-0.25, -0.2) is 0 Å². The highest BCUT2D eigenvalue weighted by atomic mass is 16.5. The molecule has 0 radical (unpaired) electrons. The molecule has 1 rings (SSSR count). The summed E-state index contributed by atoms with van der Waals surface area (Å²) < 4.78 is 5.35. The molecule has 0 aliphatic carbocycles. The number of benzene rings is 1. The summed E-state index contributed by atoms with van der Waals surface area (Å²) in [6.07, 6.45) is -0.413. The number of primary amides is 1. The summed E-state index contributed by atoms with van der Waals surface area (Å²) in [4.78, 5) is 10.5. The first kappa shape index (κ1) is 11.5. The van der Waals surface area contributed by atoms with Crippen LogP contribution in [0.4, 0.5) is 0 Å². The Hall–Kier alpha value is -1.55. The largest absolute Gasteiger partial charge is 0.493 e. The molecule has 1 aromatic carbocycles. The second-order valence-electron chi connectivity index (χ2n) is 3.28. The van der Waals surface area contributed by atoms with Crippen LogP contribution in [-0.4, -0.2) is 17.6 Å². The van der Waals surface area contributed by atoms with Crippen molar-refractivity contribution in [3.05, 3.63) is 29.8 Å². The number of hydrogen-bond donors (Lipinski definition) is 2. The molecule has 0 heterocycles. The topological polar surface area (TPSA) is 72.6 Å². The van der Waals surface area contributed by atoms with Crippen molar-refractivity contribution in [2.75, 3.05) is 6.61 Å². The van der Waals surface area contributed by atoms with Crippen LogP contribution in [0.25, 0.3) is 0 Å². The molecule has 0 saturated carbocycles. The molecule has 0 unspecified atom stereocenters. The highest BCUT2D eigenvalue weighted by molar-refractivity contribution is 5.73. The van der Waals surface area contributed by atoms with Crippen molar-refractivity contribution in [1.82, 2.24) is 0 Å². The predicted molar refractivity (Wildman–Crippen MR) is 56.4 cm³/mol. The summed E-state index contributed by atoms with van der Waals surface area (Å²) in [5, 5.41) is 9.44.